The Morgan fingerprint density at radius 2 is 1.69 bits per heavy atom. The highest BCUT2D eigenvalue weighted by Crippen LogP contribution is 2.24. The molecule has 0 aliphatic heterocycles. The molecule has 2 amide bonds. The Hall–Kier alpha value is -2.93. The second-order valence-corrected chi connectivity index (χ2v) is 10.0. The van der Waals surface area contributed by atoms with Gasteiger partial charge in [-0.15, -0.1) is 0 Å². The number of ether oxygens (including phenoxy) is 1. The van der Waals surface area contributed by atoms with Crippen molar-refractivity contribution in [3.8, 4) is 5.75 Å². The highest BCUT2D eigenvalue weighted by molar-refractivity contribution is 7.80. The molecule has 35 heavy (non-hydrogen) atoms. The summed E-state index contributed by atoms with van der Waals surface area (Å²) in [5, 5.41) is 8.95. The fraction of sp³-hybridized carbons (Fsp3) is 0.464. The van der Waals surface area contributed by atoms with E-state index in [0.717, 1.165) is 42.6 Å². The highest BCUT2D eigenvalue weighted by Gasteiger charge is 2.28. The van der Waals surface area contributed by atoms with E-state index in [1.807, 2.05) is 58.0 Å². The van der Waals surface area contributed by atoms with Crippen molar-refractivity contribution in [3.63, 3.8) is 0 Å². The van der Waals surface area contributed by atoms with Crippen molar-refractivity contribution in [1.29, 1.82) is 0 Å². The van der Waals surface area contributed by atoms with E-state index in [-0.39, 0.29) is 16.9 Å². The summed E-state index contributed by atoms with van der Waals surface area (Å²) in [5.41, 5.74) is 3.04. The van der Waals surface area contributed by atoms with Crippen molar-refractivity contribution in [1.82, 2.24) is 5.32 Å². The van der Waals surface area contributed by atoms with Gasteiger partial charge in [-0.05, 0) is 80.7 Å². The monoisotopic (exact) mass is 497 g/mol. The topological polar surface area (TPSA) is 79.5 Å². The summed E-state index contributed by atoms with van der Waals surface area (Å²) in [6, 6.07) is 13.4. The van der Waals surface area contributed by atoms with Gasteiger partial charge in [0.05, 0.1) is 6.61 Å². The van der Waals surface area contributed by atoms with Crippen LogP contribution in [0.15, 0.2) is 42.5 Å². The van der Waals surface area contributed by atoms with Gasteiger partial charge in [0, 0.05) is 23.2 Å². The molecular formula is C28H39N3O3S. The molecule has 0 saturated carbocycles. The minimum Gasteiger partial charge on any atom is -0.493 e. The van der Waals surface area contributed by atoms with Gasteiger partial charge in [0.2, 0.25) is 11.8 Å². The van der Waals surface area contributed by atoms with Gasteiger partial charge in [-0.25, -0.2) is 0 Å². The van der Waals surface area contributed by atoms with Crippen molar-refractivity contribution in [3.05, 3.63) is 53.6 Å². The van der Waals surface area contributed by atoms with Crippen LogP contribution in [0.5, 0.6) is 5.75 Å². The van der Waals surface area contributed by atoms with Gasteiger partial charge in [0.1, 0.15) is 5.75 Å². The molecule has 0 aliphatic carbocycles. The Morgan fingerprint density at radius 3 is 2.40 bits per heavy atom. The van der Waals surface area contributed by atoms with Crippen LogP contribution in [0, 0.1) is 19.3 Å². The van der Waals surface area contributed by atoms with Crippen LogP contribution in [0.4, 0.5) is 11.4 Å². The summed E-state index contributed by atoms with van der Waals surface area (Å²) in [6.45, 7) is 10.5. The fourth-order valence-electron chi connectivity index (χ4n) is 3.54. The molecule has 0 bridgehead atoms. The molecule has 0 aromatic heterocycles. The number of hydrogen-bond donors (Lipinski definition) is 3. The van der Waals surface area contributed by atoms with Crippen LogP contribution in [-0.4, -0.2) is 23.5 Å². The Morgan fingerprint density at radius 1 is 0.971 bits per heavy atom. The predicted molar refractivity (Wildman–Crippen MR) is 148 cm³/mol. The molecule has 2 aromatic carbocycles. The van der Waals surface area contributed by atoms with Crippen LogP contribution in [0.1, 0.15) is 70.4 Å². The van der Waals surface area contributed by atoms with Crippen LogP contribution in [0.2, 0.25) is 0 Å². The lowest BCUT2D eigenvalue weighted by molar-refractivity contribution is -0.128. The third-order valence-electron chi connectivity index (χ3n) is 5.80. The predicted octanol–water partition coefficient (Wildman–Crippen LogP) is 6.52. The van der Waals surface area contributed by atoms with Crippen molar-refractivity contribution >= 4 is 40.5 Å². The standard InChI is InChI=1S/C28H39N3O3S/c1-6-7-8-13-25(32)29-22-11-9-12-23(19-22)30-27(35)31-26(33)28(4,5)16-10-17-34-24-18-20(2)14-15-21(24)3/h9,11-12,14-15,18-19H,6-8,10,13,16-17H2,1-5H3,(H,29,32)(H2,30,31,33,35). The van der Waals surface area contributed by atoms with E-state index >= 15 is 0 Å². The summed E-state index contributed by atoms with van der Waals surface area (Å²) in [4.78, 5) is 24.9. The molecule has 3 N–H and O–H groups in total. The molecule has 0 spiro atoms. The number of aryl methyl sites for hydroxylation is 2. The molecule has 0 aliphatic rings. The molecule has 0 unspecified atom stereocenters. The lowest BCUT2D eigenvalue weighted by Gasteiger charge is -2.24. The Kier molecular flexibility index (Phi) is 11.2. The number of carbonyl (C=O) groups excluding carboxylic acids is 2. The second-order valence-electron chi connectivity index (χ2n) is 9.60. The Bertz CT molecular complexity index is 1020. The zero-order valence-electron chi connectivity index (χ0n) is 21.6. The van der Waals surface area contributed by atoms with Gasteiger partial charge < -0.3 is 20.7 Å². The number of anilines is 2. The van der Waals surface area contributed by atoms with Crippen LogP contribution < -0.4 is 20.7 Å². The Balaban J connectivity index is 1.80. The number of benzene rings is 2. The number of amides is 2. The molecular weight excluding hydrogens is 458 g/mol. The molecule has 0 atom stereocenters. The van der Waals surface area contributed by atoms with Crippen molar-refractivity contribution in [2.45, 2.75) is 73.1 Å². The van der Waals surface area contributed by atoms with Gasteiger partial charge in [-0.1, -0.05) is 51.8 Å². The zero-order chi connectivity index (χ0) is 25.8. The number of hydrogen-bond acceptors (Lipinski definition) is 4. The molecule has 7 heteroatoms. The van der Waals surface area contributed by atoms with E-state index in [1.165, 1.54) is 0 Å². The van der Waals surface area contributed by atoms with E-state index in [1.54, 1.807) is 6.07 Å². The summed E-state index contributed by atoms with van der Waals surface area (Å²) < 4.78 is 5.92. The van der Waals surface area contributed by atoms with E-state index in [4.69, 9.17) is 17.0 Å². The molecule has 2 rings (SSSR count). The average molecular weight is 498 g/mol. The first-order valence-electron chi connectivity index (χ1n) is 12.3. The molecule has 0 saturated heterocycles. The summed E-state index contributed by atoms with van der Waals surface area (Å²) >= 11 is 5.35. The van der Waals surface area contributed by atoms with E-state index in [2.05, 4.69) is 28.9 Å². The largest absolute Gasteiger partial charge is 0.493 e. The minimum absolute atomic E-state index is 0.00484. The molecule has 0 fully saturated rings. The maximum atomic E-state index is 12.8. The van der Waals surface area contributed by atoms with Crippen molar-refractivity contribution in [2.75, 3.05) is 17.2 Å². The Labute approximate surface area is 215 Å². The van der Waals surface area contributed by atoms with Crippen LogP contribution in [0.3, 0.4) is 0 Å². The average Bonchev–Trinajstić information content (AvgIpc) is 2.79. The lowest BCUT2D eigenvalue weighted by Crippen LogP contribution is -2.42. The van der Waals surface area contributed by atoms with E-state index < -0.39 is 5.41 Å². The third kappa shape index (κ3) is 10.1. The first-order valence-corrected chi connectivity index (χ1v) is 12.7. The van der Waals surface area contributed by atoms with Crippen LogP contribution in [-0.2, 0) is 9.59 Å². The number of thiocarbonyl (C=S) groups is 1. The number of rotatable bonds is 12. The lowest BCUT2D eigenvalue weighted by atomic mass is 9.87. The number of carbonyl (C=O) groups is 2. The van der Waals surface area contributed by atoms with E-state index in [0.29, 0.717) is 30.8 Å². The number of nitrogens with one attached hydrogen (secondary N) is 3. The molecule has 0 heterocycles. The van der Waals surface area contributed by atoms with Gasteiger partial charge >= 0.3 is 0 Å². The third-order valence-corrected chi connectivity index (χ3v) is 6.00. The molecule has 6 nitrogen and oxygen atoms in total. The normalized spacial score (nSPS) is 11.0. The molecule has 0 radical (unpaired) electrons. The summed E-state index contributed by atoms with van der Waals surface area (Å²) in [6.07, 6.45) is 4.90. The highest BCUT2D eigenvalue weighted by atomic mass is 32.1. The first-order chi connectivity index (χ1) is 16.6. The quantitative estimate of drug-likeness (QED) is 0.230. The SMILES string of the molecule is CCCCCC(=O)Nc1cccc(NC(=S)NC(=O)C(C)(C)CCCOc2cc(C)ccc2C)c1. The van der Waals surface area contributed by atoms with Gasteiger partial charge in [-0.2, -0.15) is 0 Å². The smallest absolute Gasteiger partial charge is 0.231 e. The van der Waals surface area contributed by atoms with Crippen LogP contribution in [0.25, 0.3) is 0 Å². The summed E-state index contributed by atoms with van der Waals surface area (Å²) in [7, 11) is 0. The second kappa shape index (κ2) is 13.8. The van der Waals surface area contributed by atoms with Crippen molar-refractivity contribution in [2.24, 2.45) is 5.41 Å². The van der Waals surface area contributed by atoms with E-state index in [9.17, 15) is 9.59 Å². The van der Waals surface area contributed by atoms with Crippen LogP contribution >= 0.6 is 12.2 Å². The molecule has 2 aromatic rings. The van der Waals surface area contributed by atoms with Gasteiger partial charge in [0.25, 0.3) is 0 Å². The van der Waals surface area contributed by atoms with Gasteiger partial charge in [0.15, 0.2) is 5.11 Å². The maximum Gasteiger partial charge on any atom is 0.231 e. The molecule has 190 valence electrons. The van der Waals surface area contributed by atoms with Crippen molar-refractivity contribution < 1.29 is 14.3 Å². The minimum atomic E-state index is -0.606. The number of unbranched alkanes of at least 4 members (excludes halogenated alkanes) is 2. The first kappa shape index (κ1) is 28.3. The van der Waals surface area contributed by atoms with Gasteiger partial charge in [-0.3, -0.25) is 9.59 Å². The summed E-state index contributed by atoms with van der Waals surface area (Å²) in [5.74, 6) is 0.730. The zero-order valence-corrected chi connectivity index (χ0v) is 22.4. The fourth-order valence-corrected chi connectivity index (χ4v) is 3.75. The maximum absolute atomic E-state index is 12.8.